The van der Waals surface area contributed by atoms with Crippen LogP contribution in [0, 0.1) is 0 Å². The van der Waals surface area contributed by atoms with Gasteiger partial charge in [-0.25, -0.2) is 8.42 Å². The van der Waals surface area contributed by atoms with E-state index in [1.807, 2.05) is 44.1 Å². The second-order valence-corrected chi connectivity index (χ2v) is 10.7. The maximum Gasteiger partial charge on any atom is 0.178 e. The Morgan fingerprint density at radius 1 is 1.29 bits per heavy atom. The van der Waals surface area contributed by atoms with Crippen LogP contribution in [0.3, 0.4) is 0 Å². The van der Waals surface area contributed by atoms with Gasteiger partial charge in [0.15, 0.2) is 9.84 Å². The highest BCUT2D eigenvalue weighted by Crippen LogP contribution is 2.41. The minimum absolute atomic E-state index is 0.146. The van der Waals surface area contributed by atoms with Gasteiger partial charge in [0, 0.05) is 11.4 Å². The van der Waals surface area contributed by atoms with Gasteiger partial charge >= 0.3 is 0 Å². The second kappa shape index (κ2) is 5.91. The lowest BCUT2D eigenvalue weighted by molar-refractivity contribution is 0.516. The van der Waals surface area contributed by atoms with Gasteiger partial charge in [-0.3, -0.25) is 0 Å². The Bertz CT molecular complexity index is 590. The molecule has 3 atom stereocenters. The molecule has 0 radical (unpaired) electrons. The van der Waals surface area contributed by atoms with Crippen LogP contribution in [0.25, 0.3) is 0 Å². The van der Waals surface area contributed by atoms with E-state index in [1.54, 1.807) is 12.1 Å². The first kappa shape index (κ1) is 16.8. The summed E-state index contributed by atoms with van der Waals surface area (Å²) in [5, 5.41) is 0. The lowest BCUT2D eigenvalue weighted by Gasteiger charge is -2.24. The van der Waals surface area contributed by atoms with Crippen molar-refractivity contribution in [2.45, 2.75) is 49.8 Å². The molecule has 0 aliphatic carbocycles. The Balaban J connectivity index is 2.09. The molecule has 0 N–H and O–H groups in total. The van der Waals surface area contributed by atoms with E-state index in [2.05, 4.69) is 0 Å². The van der Waals surface area contributed by atoms with E-state index in [4.69, 9.17) is 0 Å². The first-order valence-corrected chi connectivity index (χ1v) is 9.94. The van der Waals surface area contributed by atoms with Crippen LogP contribution in [0.5, 0.6) is 0 Å². The topological polar surface area (TPSA) is 60.2 Å². The third-order valence-corrected chi connectivity index (χ3v) is 7.21. The molecule has 1 saturated heterocycles. The number of nitrogens with zero attached hydrogens (tertiary/aromatic N) is 1. The molecule has 1 aromatic carbocycles. The van der Waals surface area contributed by atoms with Gasteiger partial charge in [-0.05, 0) is 44.9 Å². The summed E-state index contributed by atoms with van der Waals surface area (Å²) < 4.78 is 37.9. The van der Waals surface area contributed by atoms with Crippen LogP contribution >= 0.6 is 0 Å². The fraction of sp³-hybridized carbons (Fsp3) is 0.600. The van der Waals surface area contributed by atoms with E-state index in [9.17, 15) is 13.0 Å². The lowest BCUT2D eigenvalue weighted by atomic mass is 10.2. The van der Waals surface area contributed by atoms with Crippen molar-refractivity contribution >= 4 is 21.2 Å². The highest BCUT2D eigenvalue weighted by molar-refractivity contribution is 7.91. The minimum Gasteiger partial charge on any atom is -0.597 e. The first-order chi connectivity index (χ1) is 9.66. The number of hydrogen-bond donors (Lipinski definition) is 0. The molecule has 1 heterocycles. The number of benzene rings is 1. The molecule has 21 heavy (non-hydrogen) atoms. The number of hydrogen-bond acceptors (Lipinski definition) is 4. The molecular formula is C15H23NO3S2. The van der Waals surface area contributed by atoms with Crippen molar-refractivity contribution in [2.24, 2.45) is 0 Å². The zero-order valence-electron chi connectivity index (χ0n) is 13.0. The summed E-state index contributed by atoms with van der Waals surface area (Å²) in [6, 6.07) is 7.15. The summed E-state index contributed by atoms with van der Waals surface area (Å²) in [7, 11) is -3.16. The SMILES string of the molecule is CCCS(=O)(=O)c1ccc(C2CN2[S+]([O-])C(C)(C)C)cc1. The molecule has 1 fully saturated rings. The van der Waals surface area contributed by atoms with Crippen LogP contribution < -0.4 is 0 Å². The van der Waals surface area contributed by atoms with E-state index in [0.717, 1.165) is 12.1 Å². The van der Waals surface area contributed by atoms with E-state index in [1.165, 1.54) is 0 Å². The summed E-state index contributed by atoms with van der Waals surface area (Å²) in [6.45, 7) is 8.50. The average molecular weight is 329 g/mol. The molecule has 118 valence electrons. The van der Waals surface area contributed by atoms with Gasteiger partial charge in [-0.2, -0.15) is 0 Å². The maximum atomic E-state index is 12.3. The molecule has 2 rings (SSSR count). The molecule has 0 amide bonds. The van der Waals surface area contributed by atoms with E-state index < -0.39 is 21.2 Å². The Morgan fingerprint density at radius 2 is 1.86 bits per heavy atom. The Kier molecular flexibility index (Phi) is 4.73. The highest BCUT2D eigenvalue weighted by atomic mass is 32.2. The average Bonchev–Trinajstić information content (AvgIpc) is 3.17. The fourth-order valence-electron chi connectivity index (χ4n) is 2.21. The van der Waals surface area contributed by atoms with E-state index in [-0.39, 0.29) is 16.5 Å². The molecular weight excluding hydrogens is 306 g/mol. The van der Waals surface area contributed by atoms with Crippen molar-refractivity contribution in [1.29, 1.82) is 0 Å². The van der Waals surface area contributed by atoms with E-state index in [0.29, 0.717) is 11.3 Å². The third kappa shape index (κ3) is 3.80. The van der Waals surface area contributed by atoms with Gasteiger partial charge in [0.2, 0.25) is 0 Å². The van der Waals surface area contributed by atoms with Crippen LogP contribution in [0.15, 0.2) is 29.2 Å². The second-order valence-electron chi connectivity index (χ2n) is 6.36. The molecule has 0 bridgehead atoms. The van der Waals surface area contributed by atoms with Crippen LogP contribution in [0.4, 0.5) is 0 Å². The number of rotatable bonds is 5. The Morgan fingerprint density at radius 3 is 2.33 bits per heavy atom. The van der Waals surface area contributed by atoms with Crippen LogP contribution in [-0.2, 0) is 21.2 Å². The molecule has 0 aromatic heterocycles. The van der Waals surface area contributed by atoms with E-state index >= 15 is 0 Å². The minimum atomic E-state index is -3.16. The summed E-state index contributed by atoms with van der Waals surface area (Å²) in [5.41, 5.74) is 1.03. The molecule has 6 heteroatoms. The van der Waals surface area contributed by atoms with Gasteiger partial charge in [-0.15, -0.1) is 4.31 Å². The lowest BCUT2D eigenvalue weighted by Crippen LogP contribution is -2.33. The quantitative estimate of drug-likeness (QED) is 0.615. The van der Waals surface area contributed by atoms with Crippen LogP contribution in [0.1, 0.15) is 45.7 Å². The normalized spacial score (nSPS) is 23.9. The summed E-state index contributed by atoms with van der Waals surface area (Å²) in [5.74, 6) is 0.177. The van der Waals surface area contributed by atoms with Gasteiger partial charge in [0.05, 0.1) is 23.2 Å². The molecule has 1 aliphatic rings. The molecule has 1 aromatic rings. The van der Waals surface area contributed by atoms with Gasteiger partial charge in [0.1, 0.15) is 4.75 Å². The summed E-state index contributed by atoms with van der Waals surface area (Å²) >= 11 is -1.02. The molecule has 0 spiro atoms. The van der Waals surface area contributed by atoms with Crippen molar-refractivity contribution in [3.63, 3.8) is 0 Å². The van der Waals surface area contributed by atoms with Gasteiger partial charge in [-0.1, -0.05) is 19.1 Å². The van der Waals surface area contributed by atoms with Crippen molar-refractivity contribution in [3.05, 3.63) is 29.8 Å². The third-order valence-electron chi connectivity index (χ3n) is 3.40. The predicted octanol–water partition coefficient (Wildman–Crippen LogP) is 2.69. The monoisotopic (exact) mass is 329 g/mol. The van der Waals surface area contributed by atoms with Crippen molar-refractivity contribution in [3.8, 4) is 0 Å². The standard InChI is InChI=1S/C15H23NO3S2/c1-5-10-21(18,19)13-8-6-12(7-9-13)14-11-16(14)20(17)15(2,3)4/h6-9,14H,5,10-11H2,1-4H3. The zero-order valence-corrected chi connectivity index (χ0v) is 14.6. The first-order valence-electron chi connectivity index (χ1n) is 7.18. The van der Waals surface area contributed by atoms with Crippen LogP contribution in [-0.4, -0.2) is 34.3 Å². The smallest absolute Gasteiger partial charge is 0.178 e. The molecule has 1 aliphatic heterocycles. The predicted molar refractivity (Wildman–Crippen MR) is 86.1 cm³/mol. The van der Waals surface area contributed by atoms with Crippen LogP contribution in [0.2, 0.25) is 0 Å². The van der Waals surface area contributed by atoms with Gasteiger partial charge in [0.25, 0.3) is 0 Å². The Labute approximate surface area is 130 Å². The number of sulfone groups is 1. The highest BCUT2D eigenvalue weighted by Gasteiger charge is 2.49. The van der Waals surface area contributed by atoms with Crippen molar-refractivity contribution in [2.75, 3.05) is 12.3 Å². The maximum absolute atomic E-state index is 12.3. The molecule has 3 unspecified atom stereocenters. The molecule has 4 nitrogen and oxygen atoms in total. The van der Waals surface area contributed by atoms with Crippen molar-refractivity contribution < 1.29 is 13.0 Å². The Hall–Kier alpha value is -0.560. The fourth-order valence-corrected chi connectivity index (χ4v) is 4.87. The summed E-state index contributed by atoms with van der Waals surface area (Å²) in [6.07, 6.45) is 0.616. The largest absolute Gasteiger partial charge is 0.597 e. The van der Waals surface area contributed by atoms with Crippen molar-refractivity contribution in [1.82, 2.24) is 4.31 Å². The zero-order chi connectivity index (χ0) is 15.8. The van der Waals surface area contributed by atoms with Gasteiger partial charge < -0.3 is 4.55 Å². The summed E-state index contributed by atoms with van der Waals surface area (Å²) in [4.78, 5) is 0.372. The molecule has 0 saturated carbocycles.